The van der Waals surface area contributed by atoms with Crippen LogP contribution < -0.4 is 16.9 Å². The van der Waals surface area contributed by atoms with E-state index in [0.29, 0.717) is 10.6 Å². The number of nitrogens with one attached hydrogen (secondary N) is 1. The number of aryl methyl sites for hydroxylation is 1. The van der Waals surface area contributed by atoms with Gasteiger partial charge in [-0.25, -0.2) is 5.84 Å². The molecule has 6 N–H and O–H groups in total. The van der Waals surface area contributed by atoms with Crippen LogP contribution in [-0.4, -0.2) is 22.9 Å². The number of rotatable bonds is 2. The molecule has 0 radical (unpaired) electrons. The Morgan fingerprint density at radius 2 is 2.29 bits per heavy atom. The van der Waals surface area contributed by atoms with Crippen molar-refractivity contribution in [3.63, 3.8) is 0 Å². The van der Waals surface area contributed by atoms with E-state index in [1.54, 1.807) is 6.07 Å². The minimum Gasteiger partial charge on any atom is -0.384 e. The van der Waals surface area contributed by atoms with Gasteiger partial charge in [0.05, 0.1) is 0 Å². The molecule has 0 amide bonds. The lowest BCUT2D eigenvalue weighted by atomic mass is 9.99. The number of hydrazone groups is 1. The van der Waals surface area contributed by atoms with E-state index < -0.39 is 0 Å². The molecule has 0 unspecified atom stereocenters. The zero-order valence-corrected chi connectivity index (χ0v) is 9.91. The quantitative estimate of drug-likeness (QED) is 0.272. The Morgan fingerprint density at radius 1 is 1.53 bits per heavy atom. The molecule has 1 aromatic rings. The highest BCUT2D eigenvalue weighted by Gasteiger charge is 2.16. The number of benzene rings is 1. The molecule has 1 aliphatic rings. The Morgan fingerprint density at radius 3 is 3.00 bits per heavy atom. The summed E-state index contributed by atoms with van der Waals surface area (Å²) in [6.45, 7) is 0.875. The molecule has 0 aromatic heterocycles. The molecule has 1 aromatic carbocycles. The third-order valence-electron chi connectivity index (χ3n) is 2.60. The summed E-state index contributed by atoms with van der Waals surface area (Å²) in [6.07, 6.45) is 1.99. The van der Waals surface area contributed by atoms with Crippen LogP contribution in [0.15, 0.2) is 17.2 Å². The zero-order chi connectivity index (χ0) is 12.4. The van der Waals surface area contributed by atoms with E-state index in [9.17, 15) is 0 Å². The van der Waals surface area contributed by atoms with Crippen LogP contribution in [0, 0.1) is 0 Å². The van der Waals surface area contributed by atoms with Gasteiger partial charge >= 0.3 is 0 Å². The summed E-state index contributed by atoms with van der Waals surface area (Å²) in [4.78, 5) is 0. The van der Waals surface area contributed by atoms with Gasteiger partial charge in [-0.2, -0.15) is 0 Å². The molecule has 7 heteroatoms. The summed E-state index contributed by atoms with van der Waals surface area (Å²) in [5.74, 6) is 5.13. The maximum absolute atomic E-state index is 8.85. The highest BCUT2D eigenvalue weighted by atomic mass is 35.5. The number of nitrogens with two attached hydrogens (primary N) is 2. The molecule has 0 aliphatic carbocycles. The minimum absolute atomic E-state index is 0.114. The summed E-state index contributed by atoms with van der Waals surface area (Å²) in [6, 6.07) is 3.60. The minimum atomic E-state index is 0.114. The van der Waals surface area contributed by atoms with Crippen LogP contribution in [0.3, 0.4) is 0 Å². The van der Waals surface area contributed by atoms with Crippen LogP contribution in [0.1, 0.15) is 17.5 Å². The Hall–Kier alpha value is -1.50. The smallest absolute Gasteiger partial charge is 0.157 e. The second-order valence-electron chi connectivity index (χ2n) is 3.82. The van der Waals surface area contributed by atoms with Gasteiger partial charge in [0.25, 0.3) is 0 Å². The van der Waals surface area contributed by atoms with Gasteiger partial charge in [0.2, 0.25) is 0 Å². The molecule has 17 heavy (non-hydrogen) atoms. The van der Waals surface area contributed by atoms with E-state index in [4.69, 9.17) is 28.4 Å². The first-order valence-corrected chi connectivity index (χ1v) is 5.60. The maximum Gasteiger partial charge on any atom is 0.157 e. The summed E-state index contributed by atoms with van der Waals surface area (Å²) in [5, 5.41) is 16.4. The zero-order valence-electron chi connectivity index (χ0n) is 9.15. The average molecular weight is 256 g/mol. The molecule has 0 fully saturated rings. The number of nitrogens with zero attached hydrogens (tertiary/aromatic N) is 2. The summed E-state index contributed by atoms with van der Waals surface area (Å²) >= 11 is 6.02. The summed E-state index contributed by atoms with van der Waals surface area (Å²) in [7, 11) is 0. The second-order valence-corrected chi connectivity index (χ2v) is 4.26. The van der Waals surface area contributed by atoms with E-state index in [2.05, 4.69) is 10.4 Å². The van der Waals surface area contributed by atoms with E-state index in [-0.39, 0.29) is 11.1 Å². The highest BCUT2D eigenvalue weighted by molar-refractivity contribution is 6.31. The van der Waals surface area contributed by atoms with Gasteiger partial charge in [0, 0.05) is 22.8 Å². The Labute approximate surface area is 104 Å². The van der Waals surface area contributed by atoms with Crippen molar-refractivity contribution in [3.05, 3.63) is 28.3 Å². The molecule has 6 nitrogen and oxygen atoms in total. The van der Waals surface area contributed by atoms with Gasteiger partial charge in [-0.05, 0) is 30.5 Å². The molecule has 0 saturated carbocycles. The number of hydrogen-bond donors (Lipinski definition) is 4. The van der Waals surface area contributed by atoms with Crippen molar-refractivity contribution in [2.24, 2.45) is 16.7 Å². The number of hydrazine groups is 1. The number of amidine groups is 1. The van der Waals surface area contributed by atoms with Crippen LogP contribution in [0.25, 0.3) is 0 Å². The van der Waals surface area contributed by atoms with E-state index in [1.807, 2.05) is 6.07 Å². The van der Waals surface area contributed by atoms with E-state index in [0.717, 1.165) is 30.6 Å². The molecule has 1 aliphatic heterocycles. The highest BCUT2D eigenvalue weighted by Crippen LogP contribution is 2.29. The predicted octanol–water partition coefficient (Wildman–Crippen LogP) is 0.883. The standard InChI is InChI=1S/C10H14ClN5O/c11-7-4-6-2-1-3-14-9(6)8(5-7)10(12)15-16(13)17/h4-5,14,17H,1-3,13H2,(H2,12,15). The third-order valence-corrected chi connectivity index (χ3v) is 2.81. The molecule has 0 bridgehead atoms. The van der Waals surface area contributed by atoms with Crippen LogP contribution in [-0.2, 0) is 6.42 Å². The van der Waals surface area contributed by atoms with Crippen molar-refractivity contribution in [1.29, 1.82) is 0 Å². The van der Waals surface area contributed by atoms with Crippen LogP contribution in [0.5, 0.6) is 0 Å². The molecule has 0 saturated heterocycles. The first kappa shape index (κ1) is 12.0. The van der Waals surface area contributed by atoms with Gasteiger partial charge in [0.15, 0.2) is 5.84 Å². The number of halogens is 1. The van der Waals surface area contributed by atoms with Gasteiger partial charge < -0.3 is 11.1 Å². The fourth-order valence-electron chi connectivity index (χ4n) is 1.93. The van der Waals surface area contributed by atoms with Gasteiger partial charge in [-0.1, -0.05) is 16.9 Å². The maximum atomic E-state index is 8.85. The van der Waals surface area contributed by atoms with Crippen molar-refractivity contribution in [3.8, 4) is 0 Å². The van der Waals surface area contributed by atoms with Crippen LogP contribution in [0.4, 0.5) is 5.69 Å². The molecular formula is C10H14ClN5O. The lowest BCUT2D eigenvalue weighted by molar-refractivity contribution is -0.0917. The monoisotopic (exact) mass is 255 g/mol. The summed E-state index contributed by atoms with van der Waals surface area (Å²) in [5.41, 5.74) is 8.41. The van der Waals surface area contributed by atoms with Crippen molar-refractivity contribution in [2.75, 3.05) is 11.9 Å². The van der Waals surface area contributed by atoms with Gasteiger partial charge in [-0.15, -0.1) is 5.10 Å². The van der Waals surface area contributed by atoms with Crippen molar-refractivity contribution in [1.82, 2.24) is 5.28 Å². The Kier molecular flexibility index (Phi) is 3.37. The Bertz CT molecular complexity index is 460. The molecular weight excluding hydrogens is 242 g/mol. The average Bonchev–Trinajstić information content (AvgIpc) is 2.26. The topological polar surface area (TPSA) is 99.9 Å². The van der Waals surface area contributed by atoms with E-state index in [1.165, 1.54) is 0 Å². The molecule has 0 atom stereocenters. The first-order valence-electron chi connectivity index (χ1n) is 5.22. The number of anilines is 1. The molecule has 1 heterocycles. The van der Waals surface area contributed by atoms with Crippen molar-refractivity contribution >= 4 is 23.1 Å². The van der Waals surface area contributed by atoms with Gasteiger partial charge in [-0.3, -0.25) is 5.21 Å². The van der Waals surface area contributed by atoms with Crippen LogP contribution >= 0.6 is 11.6 Å². The normalized spacial score (nSPS) is 15.1. The van der Waals surface area contributed by atoms with Crippen molar-refractivity contribution < 1.29 is 5.21 Å². The first-order chi connectivity index (χ1) is 8.08. The number of hydrogen-bond acceptors (Lipinski definition) is 5. The van der Waals surface area contributed by atoms with Crippen molar-refractivity contribution in [2.45, 2.75) is 12.8 Å². The van der Waals surface area contributed by atoms with Crippen LogP contribution in [0.2, 0.25) is 5.02 Å². The SMILES string of the molecule is N/C(=N\N(N)O)c1cc(Cl)cc2c1NCCC2. The summed E-state index contributed by atoms with van der Waals surface area (Å²) < 4.78 is 0. The fraction of sp³-hybridized carbons (Fsp3) is 0.300. The molecule has 2 rings (SSSR count). The van der Waals surface area contributed by atoms with E-state index >= 15 is 0 Å². The lowest BCUT2D eigenvalue weighted by Gasteiger charge is -2.21. The lowest BCUT2D eigenvalue weighted by Crippen LogP contribution is -2.27. The largest absolute Gasteiger partial charge is 0.384 e. The predicted molar refractivity (Wildman–Crippen MR) is 66.8 cm³/mol. The second kappa shape index (κ2) is 4.79. The molecule has 92 valence electrons. The Balaban J connectivity index is 2.49. The fourth-order valence-corrected chi connectivity index (χ4v) is 2.17. The molecule has 0 spiro atoms. The van der Waals surface area contributed by atoms with Gasteiger partial charge in [0.1, 0.15) is 0 Å². The third kappa shape index (κ3) is 2.60. The number of fused-ring (bicyclic) bond motifs is 1.